The standard InChI is InChI=1S/C29H39NO4/c1-7-13-30-14-12-28-22-18-8-9-19(31-6)23(22)34-24(28)29-11-10-27(28,21(30)15-18)16-20(29)26(5,25(2,3)4)32-17-33-29/h7-9,20-21,24H,1,10-17H2,2-6H3/t20-,21-,24-,26+,27+,28+,29-/m1/s1. The highest BCUT2D eigenvalue weighted by atomic mass is 16.7. The molecule has 1 aromatic carbocycles. The largest absolute Gasteiger partial charge is 0.493 e. The van der Waals surface area contributed by atoms with Gasteiger partial charge in [-0.25, -0.2) is 0 Å². The summed E-state index contributed by atoms with van der Waals surface area (Å²) in [4.78, 5) is 2.72. The zero-order chi connectivity index (χ0) is 23.7. The molecule has 4 bridgehead atoms. The minimum atomic E-state index is -0.328. The van der Waals surface area contributed by atoms with Crippen molar-refractivity contribution < 1.29 is 18.9 Å². The van der Waals surface area contributed by atoms with Gasteiger partial charge in [0.1, 0.15) is 18.5 Å². The Morgan fingerprint density at radius 2 is 2.03 bits per heavy atom. The van der Waals surface area contributed by atoms with Crippen molar-refractivity contribution in [1.29, 1.82) is 0 Å². The summed E-state index contributed by atoms with van der Waals surface area (Å²) in [6.07, 6.45) is 7.66. The highest BCUT2D eigenvalue weighted by Gasteiger charge is 2.83. The number of piperidine rings is 1. The summed E-state index contributed by atoms with van der Waals surface area (Å²) in [6, 6.07) is 4.92. The van der Waals surface area contributed by atoms with Gasteiger partial charge in [0.25, 0.3) is 0 Å². The normalized spacial score (nSPS) is 45.9. The first-order valence-corrected chi connectivity index (χ1v) is 13.2. The smallest absolute Gasteiger partial charge is 0.165 e. The third kappa shape index (κ3) is 2.09. The topological polar surface area (TPSA) is 40.2 Å². The zero-order valence-electron chi connectivity index (χ0n) is 21.4. The summed E-state index contributed by atoms with van der Waals surface area (Å²) in [7, 11) is 1.77. The van der Waals surface area contributed by atoms with Gasteiger partial charge in [-0.15, -0.1) is 6.58 Å². The number of likely N-dealkylation sites (tertiary alicyclic amines) is 1. The van der Waals surface area contributed by atoms with Crippen molar-refractivity contribution in [2.24, 2.45) is 16.7 Å². The van der Waals surface area contributed by atoms with Crippen LogP contribution >= 0.6 is 0 Å². The quantitative estimate of drug-likeness (QED) is 0.597. The molecule has 3 saturated carbocycles. The first-order chi connectivity index (χ1) is 16.2. The third-order valence-electron chi connectivity index (χ3n) is 11.5. The Hall–Kier alpha value is -1.56. The lowest BCUT2D eigenvalue weighted by Crippen LogP contribution is -2.84. The van der Waals surface area contributed by atoms with E-state index in [-0.39, 0.29) is 39.5 Å². The van der Waals surface area contributed by atoms with Crippen molar-refractivity contribution in [2.45, 2.75) is 88.6 Å². The van der Waals surface area contributed by atoms with Gasteiger partial charge < -0.3 is 18.9 Å². The van der Waals surface area contributed by atoms with Crippen molar-refractivity contribution >= 4 is 0 Å². The van der Waals surface area contributed by atoms with Crippen LogP contribution in [0.25, 0.3) is 0 Å². The Labute approximate surface area is 203 Å². The number of rotatable bonds is 3. The summed E-state index contributed by atoms with van der Waals surface area (Å²) < 4.78 is 26.4. The van der Waals surface area contributed by atoms with Gasteiger partial charge in [-0.2, -0.15) is 0 Å². The predicted octanol–water partition coefficient (Wildman–Crippen LogP) is 4.86. The first-order valence-electron chi connectivity index (χ1n) is 13.2. The van der Waals surface area contributed by atoms with Crippen molar-refractivity contribution in [3.05, 3.63) is 35.9 Å². The monoisotopic (exact) mass is 465 g/mol. The van der Waals surface area contributed by atoms with Gasteiger partial charge in [0.05, 0.1) is 12.7 Å². The third-order valence-corrected chi connectivity index (χ3v) is 11.5. The van der Waals surface area contributed by atoms with Crippen LogP contribution in [0.4, 0.5) is 0 Å². The van der Waals surface area contributed by atoms with Crippen LogP contribution < -0.4 is 9.47 Å². The van der Waals surface area contributed by atoms with Gasteiger partial charge in [-0.3, -0.25) is 4.90 Å². The Balaban J connectivity index is 1.51. The van der Waals surface area contributed by atoms with E-state index in [2.05, 4.69) is 57.4 Å². The lowest BCUT2D eigenvalue weighted by atomic mass is 9.33. The molecule has 8 rings (SSSR count). The molecule has 1 aromatic rings. The summed E-state index contributed by atoms with van der Waals surface area (Å²) >= 11 is 0. The van der Waals surface area contributed by atoms with E-state index in [1.165, 1.54) is 17.5 Å². The molecule has 5 fully saturated rings. The number of hydrogen-bond donors (Lipinski definition) is 0. The number of methoxy groups -OCH3 is 1. The van der Waals surface area contributed by atoms with Crippen molar-refractivity contribution in [2.75, 3.05) is 27.0 Å². The van der Waals surface area contributed by atoms with Crippen molar-refractivity contribution in [3.63, 3.8) is 0 Å². The first kappa shape index (κ1) is 21.7. The number of fused-ring (bicyclic) bond motifs is 1. The van der Waals surface area contributed by atoms with E-state index in [4.69, 9.17) is 18.9 Å². The Morgan fingerprint density at radius 3 is 2.76 bits per heavy atom. The summed E-state index contributed by atoms with van der Waals surface area (Å²) in [5, 5.41) is 0. The molecule has 0 unspecified atom stereocenters. The van der Waals surface area contributed by atoms with E-state index >= 15 is 0 Å². The average molecular weight is 466 g/mol. The molecule has 3 spiro atoms. The van der Waals surface area contributed by atoms with Gasteiger partial charge in [0.15, 0.2) is 11.5 Å². The average Bonchev–Trinajstić information content (AvgIpc) is 3.17. The highest BCUT2D eigenvalue weighted by Crippen LogP contribution is 2.78. The minimum Gasteiger partial charge on any atom is -0.493 e. The van der Waals surface area contributed by atoms with Gasteiger partial charge in [0.2, 0.25) is 0 Å². The van der Waals surface area contributed by atoms with E-state index in [9.17, 15) is 0 Å². The zero-order valence-corrected chi connectivity index (χ0v) is 21.4. The maximum Gasteiger partial charge on any atom is 0.165 e. The molecule has 7 aliphatic rings. The van der Waals surface area contributed by atoms with Crippen molar-refractivity contribution in [3.8, 4) is 11.5 Å². The lowest BCUT2D eigenvalue weighted by Gasteiger charge is -2.76. The molecule has 2 saturated heterocycles. The van der Waals surface area contributed by atoms with E-state index in [1.54, 1.807) is 7.11 Å². The van der Waals surface area contributed by atoms with Crippen LogP contribution in [0.5, 0.6) is 11.5 Å². The second-order valence-electron chi connectivity index (χ2n) is 13.0. The number of ether oxygens (including phenoxy) is 4. The van der Waals surface area contributed by atoms with E-state index < -0.39 is 0 Å². The molecule has 0 radical (unpaired) electrons. The summed E-state index contributed by atoms with van der Waals surface area (Å²) in [5.41, 5.74) is 2.43. The fraction of sp³-hybridized carbons (Fsp3) is 0.724. The minimum absolute atomic E-state index is 0.00534. The lowest BCUT2D eigenvalue weighted by molar-refractivity contribution is -0.389. The fourth-order valence-electron chi connectivity index (χ4n) is 9.73. The Morgan fingerprint density at radius 1 is 1.21 bits per heavy atom. The van der Waals surface area contributed by atoms with Crippen LogP contribution in [0.3, 0.4) is 0 Å². The van der Waals surface area contributed by atoms with Crippen LogP contribution in [-0.2, 0) is 21.3 Å². The molecule has 5 nitrogen and oxygen atoms in total. The van der Waals surface area contributed by atoms with E-state index in [0.29, 0.717) is 12.8 Å². The molecule has 4 aliphatic carbocycles. The van der Waals surface area contributed by atoms with E-state index in [1.807, 2.05) is 0 Å². The second-order valence-corrected chi connectivity index (χ2v) is 13.0. The molecule has 0 amide bonds. The van der Waals surface area contributed by atoms with Gasteiger partial charge in [0, 0.05) is 34.9 Å². The molecule has 184 valence electrons. The molecule has 7 atom stereocenters. The summed E-state index contributed by atoms with van der Waals surface area (Å²) in [5.74, 6) is 2.16. The highest BCUT2D eigenvalue weighted by molar-refractivity contribution is 5.63. The summed E-state index contributed by atoms with van der Waals surface area (Å²) in [6.45, 7) is 15.8. The molecular weight excluding hydrogens is 426 g/mol. The molecule has 0 aromatic heterocycles. The van der Waals surface area contributed by atoms with Crippen LogP contribution in [-0.4, -0.2) is 55.2 Å². The Kier molecular flexibility index (Phi) is 4.09. The second kappa shape index (κ2) is 6.41. The van der Waals surface area contributed by atoms with Gasteiger partial charge in [-0.1, -0.05) is 32.9 Å². The molecule has 3 aliphatic heterocycles. The van der Waals surface area contributed by atoms with E-state index in [0.717, 1.165) is 50.3 Å². The molecular formula is C29H39NO4. The number of nitrogens with zero attached hydrogens (tertiary/aromatic N) is 1. The molecule has 3 heterocycles. The predicted molar refractivity (Wildman–Crippen MR) is 130 cm³/mol. The van der Waals surface area contributed by atoms with Crippen molar-refractivity contribution in [1.82, 2.24) is 4.90 Å². The Bertz CT molecular complexity index is 1080. The van der Waals surface area contributed by atoms with Gasteiger partial charge in [-0.05, 0) is 62.6 Å². The van der Waals surface area contributed by atoms with Crippen LogP contribution in [0, 0.1) is 16.7 Å². The van der Waals surface area contributed by atoms with Gasteiger partial charge >= 0.3 is 0 Å². The molecule has 0 N–H and O–H groups in total. The molecule has 34 heavy (non-hydrogen) atoms. The maximum atomic E-state index is 7.15. The van der Waals surface area contributed by atoms with Crippen LogP contribution in [0.15, 0.2) is 24.8 Å². The van der Waals surface area contributed by atoms with Crippen LogP contribution in [0.2, 0.25) is 0 Å². The number of hydrogen-bond acceptors (Lipinski definition) is 5. The number of benzene rings is 1. The fourth-order valence-corrected chi connectivity index (χ4v) is 9.73. The molecule has 5 heteroatoms. The van der Waals surface area contributed by atoms with Crippen LogP contribution in [0.1, 0.15) is 64.5 Å². The maximum absolute atomic E-state index is 7.15. The SMILES string of the molecule is C=CCN1CC[C@]23c4c5ccc(OC)c4O[C@H]2[C@@]24CC[C@]3(C[C@@H]2[C@@](C)(C(C)(C)C)OCO4)[C@H]1C5.